The number of anilines is 2. The Kier molecular flexibility index (Phi) is 13.3. The highest BCUT2D eigenvalue weighted by Gasteiger charge is 2.35. The number of benzene rings is 2. The lowest BCUT2D eigenvalue weighted by Gasteiger charge is -2.39. The number of carbonyl (C=O) groups is 3. The summed E-state index contributed by atoms with van der Waals surface area (Å²) in [7, 11) is -2.33. The van der Waals surface area contributed by atoms with Crippen molar-refractivity contribution in [2.24, 2.45) is 17.0 Å². The molecule has 6 heterocycles. The van der Waals surface area contributed by atoms with Crippen LogP contribution >= 0.6 is 11.3 Å². The van der Waals surface area contributed by atoms with Crippen LogP contribution in [0.15, 0.2) is 54.7 Å². The van der Waals surface area contributed by atoms with E-state index in [-0.39, 0.29) is 53.0 Å². The summed E-state index contributed by atoms with van der Waals surface area (Å²) < 4.78 is 41.2. The SMILES string of the molecule is CCC(c1cccc(-c2nc(C3CCN(C(=O)C4CCN(CC5CCN(c6ccc(C7CCC(=O)NC7=O)cc6)CC5)CC4)CC3)sc2-c2ccnc(NC)n2)c1F)S(N)(=O)=O. The van der Waals surface area contributed by atoms with Crippen molar-refractivity contribution < 1.29 is 27.2 Å². The molecule has 2 unspecified atom stereocenters. The second-order valence-corrected chi connectivity index (χ2v) is 19.9. The van der Waals surface area contributed by atoms with E-state index in [2.05, 4.69) is 42.5 Å². The largest absolute Gasteiger partial charge is 0.372 e. The van der Waals surface area contributed by atoms with E-state index in [0.717, 1.165) is 81.8 Å². The molecule has 4 aromatic rings. The van der Waals surface area contributed by atoms with E-state index in [1.165, 1.54) is 23.1 Å². The van der Waals surface area contributed by atoms with Gasteiger partial charge in [0.05, 0.1) is 27.2 Å². The Morgan fingerprint density at radius 2 is 1.68 bits per heavy atom. The first-order valence-electron chi connectivity index (χ1n) is 21.9. The molecule has 62 heavy (non-hydrogen) atoms. The van der Waals surface area contributed by atoms with Crippen molar-refractivity contribution in [1.29, 1.82) is 0 Å². The smallest absolute Gasteiger partial charge is 0.234 e. The van der Waals surface area contributed by atoms with Gasteiger partial charge in [0, 0.05) is 81.0 Å². The van der Waals surface area contributed by atoms with Gasteiger partial charge in [0.2, 0.25) is 33.7 Å². The van der Waals surface area contributed by atoms with Crippen molar-refractivity contribution in [2.45, 2.75) is 81.8 Å². The molecular weight excluding hydrogens is 830 g/mol. The Bertz CT molecular complexity index is 2370. The Morgan fingerprint density at radius 1 is 0.952 bits per heavy atom. The molecule has 2 aromatic carbocycles. The van der Waals surface area contributed by atoms with E-state index in [1.807, 2.05) is 17.0 Å². The van der Waals surface area contributed by atoms with Crippen LogP contribution in [0.1, 0.15) is 97.9 Å². The monoisotopic (exact) mass is 885 g/mol. The minimum Gasteiger partial charge on any atom is -0.372 e. The van der Waals surface area contributed by atoms with Gasteiger partial charge in [-0.1, -0.05) is 31.2 Å². The molecule has 4 aliphatic rings. The summed E-state index contributed by atoms with van der Waals surface area (Å²) in [5, 5.41) is 10.6. The summed E-state index contributed by atoms with van der Waals surface area (Å²) in [4.78, 5) is 59.3. The average Bonchev–Trinajstić information content (AvgIpc) is 3.73. The van der Waals surface area contributed by atoms with Gasteiger partial charge < -0.3 is 20.0 Å². The molecule has 4 saturated heterocycles. The fraction of sp³-hybridized carbons (Fsp3) is 0.511. The Morgan fingerprint density at radius 3 is 2.34 bits per heavy atom. The van der Waals surface area contributed by atoms with Crippen molar-refractivity contribution in [3.05, 3.63) is 76.7 Å². The first-order chi connectivity index (χ1) is 29.9. The number of sulfonamides is 1. The number of nitrogens with zero attached hydrogens (tertiary/aromatic N) is 6. The third-order valence-corrected chi connectivity index (χ3v) is 15.9. The van der Waals surface area contributed by atoms with E-state index in [4.69, 9.17) is 10.1 Å². The molecule has 8 rings (SSSR count). The first-order valence-corrected chi connectivity index (χ1v) is 24.3. The minimum atomic E-state index is -4.05. The summed E-state index contributed by atoms with van der Waals surface area (Å²) in [6, 6.07) is 14.7. The zero-order valence-corrected chi connectivity index (χ0v) is 37.0. The number of likely N-dealkylation sites (tertiary alicyclic amines) is 2. The summed E-state index contributed by atoms with van der Waals surface area (Å²) >= 11 is 1.45. The molecule has 3 amide bonds. The standard InChI is InChI=1S/C45H56FN9O5S2/c1-3-37(62(47,59)60)34-5-4-6-35(39(34)46)40-41(36-13-20-49-45(48-2)50-36)61-43(52-40)30-18-25-55(26-19-30)44(58)31-16-21-53(22-17-31)27-28-14-23-54(24-15-28)32-9-7-29(8-10-32)33-11-12-38(56)51-42(33)57/h4-10,13,20,28,30-31,33,37H,3,11-12,14-19,21-27H2,1-2H3,(H2,47,59,60)(H,48,49,50)(H,51,56,57). The lowest BCUT2D eigenvalue weighted by molar-refractivity contribution is -0.138. The summed E-state index contributed by atoms with van der Waals surface area (Å²) in [5.41, 5.74) is 3.29. The van der Waals surface area contributed by atoms with Crippen LogP contribution in [0.25, 0.3) is 21.8 Å². The predicted octanol–water partition coefficient (Wildman–Crippen LogP) is 6.04. The lowest BCUT2D eigenvalue weighted by Crippen LogP contribution is -2.46. The van der Waals surface area contributed by atoms with Crippen LogP contribution in [0.5, 0.6) is 0 Å². The van der Waals surface area contributed by atoms with Crippen LogP contribution in [0, 0.1) is 17.7 Å². The molecular formula is C45H56FN9O5S2. The third-order valence-electron chi connectivity index (χ3n) is 13.3. The molecule has 0 aliphatic carbocycles. The van der Waals surface area contributed by atoms with Crippen LogP contribution in [-0.4, -0.2) is 104 Å². The number of primary sulfonamides is 1. The van der Waals surface area contributed by atoms with Gasteiger partial charge in [0.15, 0.2) is 0 Å². The number of nitrogens with two attached hydrogens (primary N) is 1. The van der Waals surface area contributed by atoms with Gasteiger partial charge in [0.1, 0.15) is 11.1 Å². The van der Waals surface area contributed by atoms with Crippen molar-refractivity contribution in [2.75, 3.05) is 63.1 Å². The van der Waals surface area contributed by atoms with Crippen LogP contribution in [0.2, 0.25) is 0 Å². The van der Waals surface area contributed by atoms with Gasteiger partial charge in [0.25, 0.3) is 0 Å². The number of imide groups is 1. The average molecular weight is 886 g/mol. The maximum absolute atomic E-state index is 16.4. The second-order valence-electron chi connectivity index (χ2n) is 17.1. The maximum Gasteiger partial charge on any atom is 0.234 e. The third kappa shape index (κ3) is 9.55. The quantitative estimate of drug-likeness (QED) is 0.141. The number of amides is 3. The van der Waals surface area contributed by atoms with Crippen LogP contribution in [0.4, 0.5) is 16.0 Å². The zero-order valence-electron chi connectivity index (χ0n) is 35.4. The molecule has 330 valence electrons. The van der Waals surface area contributed by atoms with Gasteiger partial charge in [-0.2, -0.15) is 0 Å². The first kappa shape index (κ1) is 43.8. The van der Waals surface area contributed by atoms with Crippen molar-refractivity contribution in [3.63, 3.8) is 0 Å². The fourth-order valence-corrected chi connectivity index (χ4v) is 11.9. The highest BCUT2D eigenvalue weighted by molar-refractivity contribution is 7.89. The number of hydrogen-bond donors (Lipinski definition) is 3. The molecule has 2 aromatic heterocycles. The van der Waals surface area contributed by atoms with Crippen molar-refractivity contribution in [1.82, 2.24) is 30.1 Å². The number of hydrogen-bond acceptors (Lipinski definition) is 12. The molecule has 4 fully saturated rings. The van der Waals surface area contributed by atoms with Crippen LogP contribution in [-0.2, 0) is 24.4 Å². The number of carbonyl (C=O) groups excluding carboxylic acids is 3. The maximum atomic E-state index is 16.4. The van der Waals surface area contributed by atoms with E-state index >= 15 is 4.39 Å². The van der Waals surface area contributed by atoms with Gasteiger partial charge in [-0.25, -0.2) is 32.9 Å². The van der Waals surface area contributed by atoms with E-state index in [0.29, 0.717) is 54.1 Å². The predicted molar refractivity (Wildman–Crippen MR) is 238 cm³/mol. The topological polar surface area (TPSA) is 184 Å². The van der Waals surface area contributed by atoms with Crippen molar-refractivity contribution >= 4 is 50.7 Å². The number of halogens is 1. The van der Waals surface area contributed by atoms with E-state index in [1.54, 1.807) is 38.4 Å². The molecule has 0 saturated carbocycles. The van der Waals surface area contributed by atoms with Crippen LogP contribution < -0.4 is 20.7 Å². The Balaban J connectivity index is 0.846. The fourth-order valence-electron chi connectivity index (χ4n) is 9.72. The van der Waals surface area contributed by atoms with Gasteiger partial charge in [-0.3, -0.25) is 19.7 Å². The number of rotatable bonds is 12. The number of piperidine rings is 4. The molecule has 14 nitrogen and oxygen atoms in total. The molecule has 4 N–H and O–H groups in total. The Labute approximate surface area is 366 Å². The van der Waals surface area contributed by atoms with Crippen molar-refractivity contribution in [3.8, 4) is 21.8 Å². The molecule has 2 atom stereocenters. The normalized spacial score (nSPS) is 20.6. The minimum absolute atomic E-state index is 0.0131. The van der Waals surface area contributed by atoms with E-state index < -0.39 is 21.1 Å². The van der Waals surface area contributed by atoms with Gasteiger partial charge >= 0.3 is 0 Å². The Hall–Kier alpha value is -4.84. The summed E-state index contributed by atoms with van der Waals surface area (Å²) in [6.07, 6.45) is 8.09. The van der Waals surface area contributed by atoms with Crippen LogP contribution in [0.3, 0.4) is 0 Å². The van der Waals surface area contributed by atoms with E-state index in [9.17, 15) is 22.8 Å². The lowest BCUT2D eigenvalue weighted by atomic mass is 9.90. The molecule has 17 heteroatoms. The summed E-state index contributed by atoms with van der Waals surface area (Å²) in [6.45, 7) is 7.78. The number of aromatic nitrogens is 3. The van der Waals surface area contributed by atoms with Gasteiger partial charge in [-0.05, 0) is 100 Å². The highest BCUT2D eigenvalue weighted by Crippen LogP contribution is 2.43. The molecule has 0 bridgehead atoms. The molecule has 4 aliphatic heterocycles. The summed E-state index contributed by atoms with van der Waals surface area (Å²) in [5.74, 6) is 0.000684. The number of nitrogens with one attached hydrogen (secondary N) is 2. The zero-order chi connectivity index (χ0) is 43.5. The number of thiazole rings is 1. The molecule has 0 spiro atoms. The van der Waals surface area contributed by atoms with Gasteiger partial charge in [-0.15, -0.1) is 11.3 Å². The molecule has 0 radical (unpaired) electrons. The highest BCUT2D eigenvalue weighted by atomic mass is 32.2. The second kappa shape index (κ2) is 18.9.